The van der Waals surface area contributed by atoms with Gasteiger partial charge in [-0.3, -0.25) is 0 Å². The molecule has 18 heavy (non-hydrogen) atoms. The van der Waals surface area contributed by atoms with Gasteiger partial charge in [-0.1, -0.05) is 12.1 Å². The summed E-state index contributed by atoms with van der Waals surface area (Å²) >= 11 is 0. The fraction of sp³-hybridized carbons (Fsp3) is 0.357. The molecule has 0 saturated heterocycles. The van der Waals surface area contributed by atoms with Crippen LogP contribution in [0.1, 0.15) is 23.9 Å². The number of imidazole rings is 1. The highest BCUT2D eigenvalue weighted by molar-refractivity contribution is 5.28. The molecule has 4 nitrogen and oxygen atoms in total. The van der Waals surface area contributed by atoms with Crippen LogP contribution in [0.15, 0.2) is 36.7 Å². The lowest BCUT2D eigenvalue weighted by molar-refractivity contribution is 0.166. The standard InChI is InChI=1S/C14H18N2O2/c1-16-10-9-15-14(16)8-7-13(17)11-3-5-12(18-2)6-4-11/h3-6,9-10,13,17H,7-8H2,1-2H3. The molecular formula is C14H18N2O2. The number of hydrogen-bond acceptors (Lipinski definition) is 3. The highest BCUT2D eigenvalue weighted by Crippen LogP contribution is 2.21. The van der Waals surface area contributed by atoms with Gasteiger partial charge in [-0.15, -0.1) is 0 Å². The lowest BCUT2D eigenvalue weighted by Gasteiger charge is -2.11. The zero-order chi connectivity index (χ0) is 13.0. The second kappa shape index (κ2) is 5.69. The summed E-state index contributed by atoms with van der Waals surface area (Å²) in [6.45, 7) is 0. The van der Waals surface area contributed by atoms with Gasteiger partial charge in [0, 0.05) is 25.9 Å². The Morgan fingerprint density at radius 2 is 2.06 bits per heavy atom. The maximum atomic E-state index is 10.1. The zero-order valence-electron chi connectivity index (χ0n) is 10.7. The molecule has 4 heteroatoms. The zero-order valence-corrected chi connectivity index (χ0v) is 10.7. The first kappa shape index (κ1) is 12.6. The monoisotopic (exact) mass is 246 g/mol. The number of methoxy groups -OCH3 is 1. The summed E-state index contributed by atoms with van der Waals surface area (Å²) in [4.78, 5) is 4.24. The average molecular weight is 246 g/mol. The van der Waals surface area contributed by atoms with E-state index in [9.17, 15) is 5.11 Å². The topological polar surface area (TPSA) is 47.3 Å². The molecule has 1 aromatic carbocycles. The van der Waals surface area contributed by atoms with E-state index in [2.05, 4.69) is 4.98 Å². The van der Waals surface area contributed by atoms with Gasteiger partial charge in [0.05, 0.1) is 13.2 Å². The molecule has 0 aliphatic carbocycles. The van der Waals surface area contributed by atoms with Gasteiger partial charge in [-0.2, -0.15) is 0 Å². The van der Waals surface area contributed by atoms with Gasteiger partial charge in [0.2, 0.25) is 0 Å². The number of hydrogen-bond donors (Lipinski definition) is 1. The van der Waals surface area contributed by atoms with Crippen molar-refractivity contribution in [3.8, 4) is 5.75 Å². The SMILES string of the molecule is COc1ccc(C(O)CCc2nccn2C)cc1. The minimum atomic E-state index is -0.465. The first-order chi connectivity index (χ1) is 8.70. The molecular weight excluding hydrogens is 228 g/mol. The molecule has 1 atom stereocenters. The van der Waals surface area contributed by atoms with Crippen molar-refractivity contribution in [1.82, 2.24) is 9.55 Å². The summed E-state index contributed by atoms with van der Waals surface area (Å²) < 4.78 is 7.06. The predicted molar refractivity (Wildman–Crippen MR) is 69.5 cm³/mol. The van der Waals surface area contributed by atoms with E-state index in [0.717, 1.165) is 23.6 Å². The average Bonchev–Trinajstić information content (AvgIpc) is 2.81. The van der Waals surface area contributed by atoms with Gasteiger partial charge in [0.1, 0.15) is 11.6 Å². The van der Waals surface area contributed by atoms with E-state index < -0.39 is 6.10 Å². The Bertz CT molecular complexity index is 491. The third-order valence-corrected chi connectivity index (χ3v) is 3.06. The van der Waals surface area contributed by atoms with Crippen LogP contribution in [0.2, 0.25) is 0 Å². The van der Waals surface area contributed by atoms with E-state index in [1.54, 1.807) is 13.3 Å². The number of aliphatic hydroxyl groups is 1. The second-order valence-electron chi connectivity index (χ2n) is 4.28. The van der Waals surface area contributed by atoms with Gasteiger partial charge in [-0.25, -0.2) is 4.98 Å². The molecule has 0 fully saturated rings. The Balaban J connectivity index is 1.94. The molecule has 0 bridgehead atoms. The van der Waals surface area contributed by atoms with Crippen molar-refractivity contribution in [3.63, 3.8) is 0 Å². The Labute approximate surface area is 107 Å². The number of nitrogens with zero attached hydrogens (tertiary/aromatic N) is 2. The van der Waals surface area contributed by atoms with Crippen molar-refractivity contribution >= 4 is 0 Å². The molecule has 1 N–H and O–H groups in total. The number of aliphatic hydroxyl groups excluding tert-OH is 1. The number of aryl methyl sites for hydroxylation is 2. The molecule has 96 valence electrons. The third-order valence-electron chi connectivity index (χ3n) is 3.06. The lowest BCUT2D eigenvalue weighted by atomic mass is 10.0. The van der Waals surface area contributed by atoms with Gasteiger partial charge < -0.3 is 14.4 Å². The molecule has 0 aliphatic heterocycles. The maximum absolute atomic E-state index is 10.1. The minimum Gasteiger partial charge on any atom is -0.497 e. The molecule has 1 heterocycles. The van der Waals surface area contributed by atoms with E-state index in [4.69, 9.17) is 4.74 Å². The van der Waals surface area contributed by atoms with Crippen LogP contribution >= 0.6 is 0 Å². The summed E-state index contributed by atoms with van der Waals surface area (Å²) in [5.74, 6) is 1.79. The fourth-order valence-corrected chi connectivity index (χ4v) is 1.90. The second-order valence-corrected chi connectivity index (χ2v) is 4.28. The molecule has 0 saturated carbocycles. The van der Waals surface area contributed by atoms with Crippen LogP contribution in [0, 0.1) is 0 Å². The van der Waals surface area contributed by atoms with E-state index >= 15 is 0 Å². The molecule has 1 unspecified atom stereocenters. The van der Waals surface area contributed by atoms with Gasteiger partial charge in [0.25, 0.3) is 0 Å². The normalized spacial score (nSPS) is 12.4. The van der Waals surface area contributed by atoms with Crippen molar-refractivity contribution in [2.45, 2.75) is 18.9 Å². The summed E-state index contributed by atoms with van der Waals surface area (Å²) in [5, 5.41) is 10.1. The number of ether oxygens (including phenoxy) is 1. The van der Waals surface area contributed by atoms with Crippen LogP contribution in [0.4, 0.5) is 0 Å². The van der Waals surface area contributed by atoms with Crippen molar-refractivity contribution in [1.29, 1.82) is 0 Å². The third kappa shape index (κ3) is 2.90. The van der Waals surface area contributed by atoms with E-state index in [-0.39, 0.29) is 0 Å². The van der Waals surface area contributed by atoms with Gasteiger partial charge >= 0.3 is 0 Å². The largest absolute Gasteiger partial charge is 0.497 e. The Morgan fingerprint density at radius 1 is 1.33 bits per heavy atom. The molecule has 0 spiro atoms. The van der Waals surface area contributed by atoms with Crippen LogP contribution in [0.3, 0.4) is 0 Å². The summed E-state index contributed by atoms with van der Waals surface area (Å²) in [6.07, 6.45) is 4.64. The van der Waals surface area contributed by atoms with Crippen molar-refractivity contribution < 1.29 is 9.84 Å². The summed E-state index contributed by atoms with van der Waals surface area (Å²) in [6, 6.07) is 7.50. The van der Waals surface area contributed by atoms with Crippen molar-refractivity contribution in [2.24, 2.45) is 7.05 Å². The smallest absolute Gasteiger partial charge is 0.118 e. The summed E-state index contributed by atoms with van der Waals surface area (Å²) in [7, 11) is 3.59. The first-order valence-electron chi connectivity index (χ1n) is 5.99. The van der Waals surface area contributed by atoms with Crippen LogP contribution in [-0.4, -0.2) is 21.8 Å². The lowest BCUT2D eigenvalue weighted by Crippen LogP contribution is -2.03. The molecule has 1 aromatic heterocycles. The number of rotatable bonds is 5. The fourth-order valence-electron chi connectivity index (χ4n) is 1.90. The predicted octanol–water partition coefficient (Wildman–Crippen LogP) is 2.09. The van der Waals surface area contributed by atoms with Crippen molar-refractivity contribution in [2.75, 3.05) is 7.11 Å². The highest BCUT2D eigenvalue weighted by atomic mass is 16.5. The quantitative estimate of drug-likeness (QED) is 0.878. The van der Waals surface area contributed by atoms with Crippen LogP contribution in [0.5, 0.6) is 5.75 Å². The molecule has 0 radical (unpaired) electrons. The van der Waals surface area contributed by atoms with Crippen LogP contribution in [-0.2, 0) is 13.5 Å². The van der Waals surface area contributed by atoms with E-state index in [0.29, 0.717) is 6.42 Å². The number of benzene rings is 1. The molecule has 0 aliphatic rings. The van der Waals surface area contributed by atoms with E-state index in [1.165, 1.54) is 0 Å². The minimum absolute atomic E-state index is 0.465. The Kier molecular flexibility index (Phi) is 3.99. The first-order valence-corrected chi connectivity index (χ1v) is 5.99. The van der Waals surface area contributed by atoms with Crippen molar-refractivity contribution in [3.05, 3.63) is 48.0 Å². The molecule has 2 rings (SSSR count). The van der Waals surface area contributed by atoms with Gasteiger partial charge in [0.15, 0.2) is 0 Å². The Morgan fingerprint density at radius 3 is 2.61 bits per heavy atom. The Hall–Kier alpha value is -1.81. The maximum Gasteiger partial charge on any atom is 0.118 e. The van der Waals surface area contributed by atoms with Gasteiger partial charge in [-0.05, 0) is 24.1 Å². The van der Waals surface area contributed by atoms with Crippen LogP contribution < -0.4 is 4.74 Å². The number of aromatic nitrogens is 2. The summed E-state index contributed by atoms with van der Waals surface area (Å²) in [5.41, 5.74) is 0.907. The molecule has 2 aromatic rings. The van der Waals surface area contributed by atoms with E-state index in [1.807, 2.05) is 42.1 Å². The van der Waals surface area contributed by atoms with Crippen LogP contribution in [0.25, 0.3) is 0 Å². The highest BCUT2D eigenvalue weighted by Gasteiger charge is 2.09. The molecule has 0 amide bonds.